The van der Waals surface area contributed by atoms with Gasteiger partial charge in [-0.1, -0.05) is 32.0 Å². The first-order valence-corrected chi connectivity index (χ1v) is 13.6. The molecule has 0 atom stereocenters. The summed E-state index contributed by atoms with van der Waals surface area (Å²) in [6, 6.07) is 9.45. The van der Waals surface area contributed by atoms with Crippen LogP contribution in [0.2, 0.25) is 0 Å². The Morgan fingerprint density at radius 3 is 2.37 bits per heavy atom. The SMILES string of the molecule is CC(C)C(=O)NCC[N+](C)(C)CCNC(=O)N(c1cccc(C(F)(F)F)c1)c1nc(-c2cccc([N+](=O)[O-])c2)cs1. The minimum absolute atomic E-state index is 0.0394. The zero-order chi connectivity index (χ0) is 30.4. The molecule has 220 valence electrons. The van der Waals surface area contributed by atoms with Crippen LogP contribution in [0.4, 0.5) is 34.5 Å². The van der Waals surface area contributed by atoms with Crippen molar-refractivity contribution in [1.82, 2.24) is 15.6 Å². The highest BCUT2D eigenvalue weighted by atomic mass is 32.1. The Hall–Kier alpha value is -4.04. The number of thiazole rings is 1. The number of non-ortho nitro benzene ring substituents is 1. The van der Waals surface area contributed by atoms with Gasteiger partial charge in [0.15, 0.2) is 5.13 Å². The molecule has 2 N–H and O–H groups in total. The number of nitrogens with zero attached hydrogens (tertiary/aromatic N) is 4. The molecule has 0 aliphatic rings. The van der Waals surface area contributed by atoms with E-state index in [-0.39, 0.29) is 34.9 Å². The first-order valence-electron chi connectivity index (χ1n) is 12.7. The number of carbonyl (C=O) groups excluding carboxylic acids is 2. The second-order valence-corrected chi connectivity index (χ2v) is 11.1. The van der Waals surface area contributed by atoms with Crippen LogP contribution in [0, 0.1) is 16.0 Å². The molecule has 0 aliphatic heterocycles. The van der Waals surface area contributed by atoms with Gasteiger partial charge in [-0.25, -0.2) is 14.7 Å². The molecule has 0 radical (unpaired) electrons. The van der Waals surface area contributed by atoms with Gasteiger partial charge in [0.25, 0.3) is 5.69 Å². The van der Waals surface area contributed by atoms with Crippen molar-refractivity contribution in [2.45, 2.75) is 20.0 Å². The lowest BCUT2D eigenvalue weighted by atomic mass is 10.1. The first kappa shape index (κ1) is 31.5. The molecule has 0 bridgehead atoms. The molecule has 0 saturated carbocycles. The molecule has 0 unspecified atom stereocenters. The Morgan fingerprint density at radius 2 is 1.73 bits per heavy atom. The topological polar surface area (TPSA) is 117 Å². The van der Waals surface area contributed by atoms with Crippen LogP contribution in [0.25, 0.3) is 11.3 Å². The van der Waals surface area contributed by atoms with E-state index in [9.17, 15) is 32.9 Å². The van der Waals surface area contributed by atoms with Gasteiger partial charge in [-0.05, 0) is 18.2 Å². The molecule has 3 aromatic rings. The fourth-order valence-corrected chi connectivity index (χ4v) is 4.61. The number of anilines is 2. The van der Waals surface area contributed by atoms with Gasteiger partial charge in [0.1, 0.15) is 0 Å². The van der Waals surface area contributed by atoms with Crippen LogP contribution in [-0.2, 0) is 11.0 Å². The summed E-state index contributed by atoms with van der Waals surface area (Å²) in [7, 11) is 3.87. The predicted molar refractivity (Wildman–Crippen MR) is 151 cm³/mol. The van der Waals surface area contributed by atoms with Crippen LogP contribution >= 0.6 is 11.3 Å². The maximum atomic E-state index is 13.5. The van der Waals surface area contributed by atoms with Gasteiger partial charge in [0.05, 0.1) is 62.1 Å². The summed E-state index contributed by atoms with van der Waals surface area (Å²) in [6.07, 6.45) is -4.62. The summed E-state index contributed by atoms with van der Waals surface area (Å²) in [5, 5.41) is 18.5. The van der Waals surface area contributed by atoms with E-state index >= 15 is 0 Å². The van der Waals surface area contributed by atoms with Crippen molar-refractivity contribution in [3.8, 4) is 11.3 Å². The quantitative estimate of drug-likeness (QED) is 0.175. The number of hydrogen-bond donors (Lipinski definition) is 2. The highest BCUT2D eigenvalue weighted by Gasteiger charge is 2.32. The number of alkyl halides is 3. The second-order valence-electron chi connectivity index (χ2n) is 10.3. The zero-order valence-corrected chi connectivity index (χ0v) is 23.9. The van der Waals surface area contributed by atoms with E-state index in [1.807, 2.05) is 14.1 Å². The van der Waals surface area contributed by atoms with Crippen LogP contribution in [0.5, 0.6) is 0 Å². The van der Waals surface area contributed by atoms with E-state index in [0.717, 1.165) is 28.4 Å². The third-order valence-electron chi connectivity index (χ3n) is 6.20. The van der Waals surface area contributed by atoms with Gasteiger partial charge in [0.2, 0.25) is 5.91 Å². The van der Waals surface area contributed by atoms with Crippen molar-refractivity contribution >= 4 is 39.8 Å². The number of likely N-dealkylation sites (N-methyl/N-ethyl adjacent to an activating group) is 1. The van der Waals surface area contributed by atoms with Crippen molar-refractivity contribution in [2.75, 3.05) is 45.2 Å². The molecule has 1 heterocycles. The van der Waals surface area contributed by atoms with Gasteiger partial charge in [0, 0.05) is 29.0 Å². The molecular formula is C27H32F3N6O4S+. The van der Waals surface area contributed by atoms with Gasteiger partial charge in [-0.2, -0.15) is 13.2 Å². The van der Waals surface area contributed by atoms with E-state index in [1.54, 1.807) is 25.3 Å². The van der Waals surface area contributed by atoms with Gasteiger partial charge in [-0.3, -0.25) is 14.9 Å². The molecule has 41 heavy (non-hydrogen) atoms. The minimum Gasteiger partial charge on any atom is -0.350 e. The lowest BCUT2D eigenvalue weighted by molar-refractivity contribution is -0.887. The minimum atomic E-state index is -4.62. The third kappa shape index (κ3) is 8.72. The molecule has 0 saturated heterocycles. The fourth-order valence-electron chi connectivity index (χ4n) is 3.76. The molecular weight excluding hydrogens is 561 g/mol. The highest BCUT2D eigenvalue weighted by molar-refractivity contribution is 7.14. The summed E-state index contributed by atoms with van der Waals surface area (Å²) in [6.45, 7) is 5.34. The molecule has 1 aromatic heterocycles. The van der Waals surface area contributed by atoms with Crippen molar-refractivity contribution in [2.24, 2.45) is 5.92 Å². The number of nitro groups is 1. The number of urea groups is 1. The average Bonchev–Trinajstić information content (AvgIpc) is 3.38. The predicted octanol–water partition coefficient (Wildman–Crippen LogP) is 5.43. The van der Waals surface area contributed by atoms with E-state index in [2.05, 4.69) is 15.6 Å². The van der Waals surface area contributed by atoms with E-state index in [1.165, 1.54) is 30.3 Å². The lowest BCUT2D eigenvalue weighted by Gasteiger charge is -2.30. The van der Waals surface area contributed by atoms with Crippen LogP contribution in [0.15, 0.2) is 53.9 Å². The van der Waals surface area contributed by atoms with E-state index in [0.29, 0.717) is 35.4 Å². The fraction of sp³-hybridized carbons (Fsp3) is 0.370. The largest absolute Gasteiger partial charge is 0.416 e. The number of aromatic nitrogens is 1. The summed E-state index contributed by atoms with van der Waals surface area (Å²) in [4.78, 5) is 41.4. The van der Waals surface area contributed by atoms with Crippen LogP contribution < -0.4 is 15.5 Å². The number of halogens is 3. The number of amides is 3. The Labute approximate surface area is 239 Å². The highest BCUT2D eigenvalue weighted by Crippen LogP contribution is 2.36. The Morgan fingerprint density at radius 1 is 1.07 bits per heavy atom. The van der Waals surface area contributed by atoms with Crippen molar-refractivity contribution in [1.29, 1.82) is 0 Å². The Bertz CT molecular complexity index is 1390. The van der Waals surface area contributed by atoms with Crippen molar-refractivity contribution in [3.63, 3.8) is 0 Å². The van der Waals surface area contributed by atoms with Crippen LogP contribution in [-0.4, -0.2) is 66.6 Å². The van der Waals surface area contributed by atoms with E-state index < -0.39 is 22.7 Å². The van der Waals surface area contributed by atoms with E-state index in [4.69, 9.17) is 0 Å². The molecule has 14 heteroatoms. The summed E-state index contributed by atoms with van der Waals surface area (Å²) < 4.78 is 40.9. The molecule has 2 aromatic carbocycles. The average molecular weight is 594 g/mol. The second kappa shape index (κ2) is 13.1. The maximum absolute atomic E-state index is 13.5. The maximum Gasteiger partial charge on any atom is 0.416 e. The molecule has 10 nitrogen and oxygen atoms in total. The lowest BCUT2D eigenvalue weighted by Crippen LogP contribution is -2.50. The summed E-state index contributed by atoms with van der Waals surface area (Å²) >= 11 is 1.02. The number of rotatable bonds is 11. The Balaban J connectivity index is 1.82. The normalized spacial score (nSPS) is 11.8. The standard InChI is InChI=1S/C27H31F3N6O4S/c1-18(2)24(37)31-11-13-36(3,4)14-12-32-25(38)34(21-9-6-8-20(16-21)27(28,29)30)26-33-23(17-41-26)19-7-5-10-22(15-19)35(39)40/h5-10,15-18H,11-14H2,1-4H3,(H-,31,32,37,38)/p+1. The van der Waals surface area contributed by atoms with Gasteiger partial charge in [-0.15, -0.1) is 11.3 Å². The van der Waals surface area contributed by atoms with Crippen molar-refractivity contribution in [3.05, 3.63) is 69.6 Å². The molecule has 0 spiro atoms. The van der Waals surface area contributed by atoms with Gasteiger partial charge >= 0.3 is 12.2 Å². The number of quaternary nitrogens is 1. The molecule has 0 aliphatic carbocycles. The molecule has 0 fully saturated rings. The zero-order valence-electron chi connectivity index (χ0n) is 23.1. The summed E-state index contributed by atoms with van der Waals surface area (Å²) in [5.74, 6) is -0.182. The van der Waals surface area contributed by atoms with Crippen LogP contribution in [0.1, 0.15) is 19.4 Å². The first-order chi connectivity index (χ1) is 19.2. The number of hydrogen-bond acceptors (Lipinski definition) is 6. The smallest absolute Gasteiger partial charge is 0.350 e. The molecule has 3 amide bonds. The van der Waals surface area contributed by atoms with Gasteiger partial charge < -0.3 is 15.1 Å². The number of benzene rings is 2. The van der Waals surface area contributed by atoms with Crippen molar-refractivity contribution < 1.29 is 32.2 Å². The Kier molecular flexibility index (Phi) is 10.0. The summed E-state index contributed by atoms with van der Waals surface area (Å²) in [5.41, 5.74) is -0.351. The monoisotopic (exact) mass is 593 g/mol. The van der Waals surface area contributed by atoms with Crippen LogP contribution in [0.3, 0.4) is 0 Å². The number of carbonyl (C=O) groups is 2. The number of nitrogens with one attached hydrogen (secondary N) is 2. The number of nitro benzene ring substituents is 1. The third-order valence-corrected chi connectivity index (χ3v) is 7.03. The molecule has 3 rings (SSSR count).